The van der Waals surface area contributed by atoms with Crippen molar-refractivity contribution < 1.29 is 24.5 Å². The molecule has 2 unspecified atom stereocenters. The van der Waals surface area contributed by atoms with E-state index >= 15 is 0 Å². The number of allylic oxidation sites excluding steroid dienone is 4. The van der Waals surface area contributed by atoms with Gasteiger partial charge >= 0.3 is 5.97 Å². The zero-order valence-electron chi connectivity index (χ0n) is 18.5. The Hall–Kier alpha value is -3.67. The van der Waals surface area contributed by atoms with E-state index in [1.54, 1.807) is 18.2 Å². The molecule has 2 aromatic carbocycles. The Labute approximate surface area is 188 Å². The molecule has 6 nitrogen and oxygen atoms in total. The minimum absolute atomic E-state index is 0.121. The monoisotopic (exact) mass is 435 g/mol. The lowest BCUT2D eigenvalue weighted by Gasteiger charge is -2.31. The third-order valence-electron chi connectivity index (χ3n) is 5.43. The van der Waals surface area contributed by atoms with E-state index in [4.69, 9.17) is 15.2 Å². The summed E-state index contributed by atoms with van der Waals surface area (Å²) in [5, 5.41) is 19.6. The van der Waals surface area contributed by atoms with Crippen molar-refractivity contribution in [3.63, 3.8) is 0 Å². The molecule has 168 valence electrons. The second-order valence-corrected chi connectivity index (χ2v) is 7.95. The molecule has 3 rings (SSSR count). The number of benzene rings is 2. The van der Waals surface area contributed by atoms with Gasteiger partial charge in [0.25, 0.3) is 0 Å². The van der Waals surface area contributed by atoms with Crippen molar-refractivity contribution in [2.24, 2.45) is 11.7 Å². The predicted octanol–water partition coefficient (Wildman–Crippen LogP) is 4.83. The van der Waals surface area contributed by atoms with E-state index in [-0.39, 0.29) is 11.4 Å². The van der Waals surface area contributed by atoms with Crippen LogP contribution in [-0.2, 0) is 9.53 Å². The number of methoxy groups -OCH3 is 1. The SMILES string of the molecule is COC1=CC(c2ccc(O)cc2)=C(N)C(C(=O)O)C1c1ccc(OCCC=C(C)C)cc1. The van der Waals surface area contributed by atoms with Crippen LogP contribution in [0.3, 0.4) is 0 Å². The quantitative estimate of drug-likeness (QED) is 0.406. The molecule has 0 amide bonds. The van der Waals surface area contributed by atoms with Crippen molar-refractivity contribution in [3.05, 3.63) is 88.8 Å². The second-order valence-electron chi connectivity index (χ2n) is 7.95. The molecule has 0 radical (unpaired) electrons. The van der Waals surface area contributed by atoms with Crippen LogP contribution in [0.25, 0.3) is 5.57 Å². The molecule has 0 fully saturated rings. The minimum atomic E-state index is -1.03. The Balaban J connectivity index is 1.91. The fourth-order valence-corrected chi connectivity index (χ4v) is 3.83. The van der Waals surface area contributed by atoms with Gasteiger partial charge in [-0.05, 0) is 61.7 Å². The molecule has 0 aromatic heterocycles. The van der Waals surface area contributed by atoms with Gasteiger partial charge in [0.05, 0.1) is 19.6 Å². The number of hydrogen-bond acceptors (Lipinski definition) is 5. The average Bonchev–Trinajstić information content (AvgIpc) is 2.77. The summed E-state index contributed by atoms with van der Waals surface area (Å²) < 4.78 is 11.4. The van der Waals surface area contributed by atoms with Crippen LogP contribution in [0.15, 0.2) is 77.7 Å². The van der Waals surface area contributed by atoms with E-state index in [9.17, 15) is 15.0 Å². The maximum absolute atomic E-state index is 12.3. The van der Waals surface area contributed by atoms with Gasteiger partial charge in [-0.3, -0.25) is 4.79 Å². The highest BCUT2D eigenvalue weighted by atomic mass is 16.5. The number of hydrogen-bond donors (Lipinski definition) is 3. The molecule has 2 aromatic rings. The fourth-order valence-electron chi connectivity index (χ4n) is 3.83. The van der Waals surface area contributed by atoms with Gasteiger partial charge in [0, 0.05) is 11.3 Å². The summed E-state index contributed by atoms with van der Waals surface area (Å²) in [5.41, 5.74) is 9.93. The first-order valence-corrected chi connectivity index (χ1v) is 10.5. The van der Waals surface area contributed by atoms with E-state index in [1.165, 1.54) is 24.8 Å². The summed E-state index contributed by atoms with van der Waals surface area (Å²) in [6, 6.07) is 13.8. The molecule has 6 heteroatoms. The normalized spacial score (nSPS) is 18.0. The van der Waals surface area contributed by atoms with Gasteiger partial charge in [0.2, 0.25) is 0 Å². The molecule has 32 heavy (non-hydrogen) atoms. The van der Waals surface area contributed by atoms with E-state index in [0.29, 0.717) is 23.5 Å². The van der Waals surface area contributed by atoms with Crippen LogP contribution >= 0.6 is 0 Å². The standard InChI is InChI=1S/C26H29NO5/c1-16(2)5-4-14-32-20-12-8-18(9-13-20)23-22(31-3)15-21(25(27)24(23)26(29)30)17-6-10-19(28)11-7-17/h5-13,15,23-24,28H,4,14,27H2,1-3H3,(H,29,30). The zero-order valence-corrected chi connectivity index (χ0v) is 18.5. The van der Waals surface area contributed by atoms with E-state index in [0.717, 1.165) is 17.7 Å². The number of phenolic OH excluding ortho intramolecular Hbond substituents is 1. The topological polar surface area (TPSA) is 102 Å². The van der Waals surface area contributed by atoms with Gasteiger partial charge < -0.3 is 25.4 Å². The molecular weight excluding hydrogens is 406 g/mol. The van der Waals surface area contributed by atoms with Gasteiger partial charge in [0.1, 0.15) is 23.2 Å². The predicted molar refractivity (Wildman–Crippen MR) is 124 cm³/mol. The van der Waals surface area contributed by atoms with E-state index in [2.05, 4.69) is 6.08 Å². The number of aromatic hydroxyl groups is 1. The van der Waals surface area contributed by atoms with Crippen molar-refractivity contribution in [1.29, 1.82) is 0 Å². The summed E-state index contributed by atoms with van der Waals surface area (Å²) >= 11 is 0. The zero-order chi connectivity index (χ0) is 23.3. The number of rotatable bonds is 8. The second kappa shape index (κ2) is 10.1. The Bertz CT molecular complexity index is 1040. The minimum Gasteiger partial charge on any atom is -0.508 e. The molecule has 0 heterocycles. The third kappa shape index (κ3) is 5.14. The van der Waals surface area contributed by atoms with Crippen LogP contribution in [0, 0.1) is 5.92 Å². The van der Waals surface area contributed by atoms with Gasteiger partial charge in [-0.1, -0.05) is 35.9 Å². The smallest absolute Gasteiger partial charge is 0.313 e. The van der Waals surface area contributed by atoms with Crippen LogP contribution in [0.4, 0.5) is 0 Å². The van der Waals surface area contributed by atoms with Crippen molar-refractivity contribution in [2.75, 3.05) is 13.7 Å². The van der Waals surface area contributed by atoms with Crippen molar-refractivity contribution >= 4 is 11.5 Å². The fraction of sp³-hybridized carbons (Fsp3) is 0.269. The summed E-state index contributed by atoms with van der Waals surface area (Å²) in [5.74, 6) is -1.26. The van der Waals surface area contributed by atoms with E-state index in [1.807, 2.05) is 38.1 Å². The van der Waals surface area contributed by atoms with Crippen molar-refractivity contribution in [1.82, 2.24) is 0 Å². The Morgan fingerprint density at radius 3 is 2.31 bits per heavy atom. The summed E-state index contributed by atoms with van der Waals surface area (Å²) in [4.78, 5) is 12.3. The Morgan fingerprint density at radius 1 is 1.09 bits per heavy atom. The van der Waals surface area contributed by atoms with Crippen molar-refractivity contribution in [2.45, 2.75) is 26.2 Å². The summed E-state index contributed by atoms with van der Waals surface area (Å²) in [6.45, 7) is 4.67. The average molecular weight is 436 g/mol. The third-order valence-corrected chi connectivity index (χ3v) is 5.43. The molecule has 1 aliphatic carbocycles. The highest BCUT2D eigenvalue weighted by Gasteiger charge is 2.39. The number of carboxylic acid groups (broad SMARTS) is 1. The number of carboxylic acids is 1. The van der Waals surface area contributed by atoms with Gasteiger partial charge in [-0.25, -0.2) is 0 Å². The van der Waals surface area contributed by atoms with Crippen molar-refractivity contribution in [3.8, 4) is 11.5 Å². The number of ether oxygens (including phenoxy) is 2. The molecule has 1 aliphatic rings. The molecule has 0 saturated carbocycles. The molecular formula is C26H29NO5. The first kappa shape index (κ1) is 23.0. The lowest BCUT2D eigenvalue weighted by molar-refractivity contribution is -0.141. The highest BCUT2D eigenvalue weighted by molar-refractivity contribution is 5.87. The van der Waals surface area contributed by atoms with Crippen LogP contribution in [-0.4, -0.2) is 29.9 Å². The van der Waals surface area contributed by atoms with Gasteiger partial charge in [-0.2, -0.15) is 0 Å². The van der Waals surface area contributed by atoms with Crippen LogP contribution in [0.2, 0.25) is 0 Å². The maximum atomic E-state index is 12.3. The van der Waals surface area contributed by atoms with Crippen LogP contribution in [0.1, 0.15) is 37.3 Å². The summed E-state index contributed by atoms with van der Waals surface area (Å²) in [7, 11) is 1.52. The Kier molecular flexibility index (Phi) is 7.25. The number of aliphatic carboxylic acids is 1. The van der Waals surface area contributed by atoms with Gasteiger partial charge in [-0.15, -0.1) is 0 Å². The first-order valence-electron chi connectivity index (χ1n) is 10.5. The molecule has 4 N–H and O–H groups in total. The largest absolute Gasteiger partial charge is 0.508 e. The van der Waals surface area contributed by atoms with Crippen LogP contribution < -0.4 is 10.5 Å². The molecule has 2 atom stereocenters. The maximum Gasteiger partial charge on any atom is 0.313 e. The molecule has 0 aliphatic heterocycles. The lowest BCUT2D eigenvalue weighted by Crippen LogP contribution is -2.32. The number of carbonyl (C=O) groups is 1. The highest BCUT2D eigenvalue weighted by Crippen LogP contribution is 2.43. The van der Waals surface area contributed by atoms with Crippen LogP contribution in [0.5, 0.6) is 11.5 Å². The molecule has 0 spiro atoms. The molecule has 0 saturated heterocycles. The Morgan fingerprint density at radius 2 is 1.75 bits per heavy atom. The first-order chi connectivity index (χ1) is 15.3. The lowest BCUT2D eigenvalue weighted by atomic mass is 9.76. The molecule has 0 bridgehead atoms. The van der Waals surface area contributed by atoms with Gasteiger partial charge in [0.15, 0.2) is 0 Å². The number of phenols is 1. The summed E-state index contributed by atoms with van der Waals surface area (Å²) in [6.07, 6.45) is 4.71. The number of nitrogens with two attached hydrogens (primary N) is 1. The van der Waals surface area contributed by atoms with E-state index < -0.39 is 17.8 Å².